The van der Waals surface area contributed by atoms with E-state index in [9.17, 15) is 0 Å². The second kappa shape index (κ2) is 1170. The number of hydrogen-bond acceptors (Lipinski definition) is 1. The van der Waals surface area contributed by atoms with Gasteiger partial charge < -0.3 is 32.8 Å². The zero-order chi connectivity index (χ0) is 2.00. The van der Waals surface area contributed by atoms with Crippen molar-refractivity contribution in [3.8, 4) is 0 Å². The Kier molecular flexibility index (Phi) is 20700. The van der Waals surface area contributed by atoms with Crippen LogP contribution in [0.1, 0.15) is 0 Å². The average Bonchev–Trinajstić information content (AvgIpc) is 1.00. The summed E-state index contributed by atoms with van der Waals surface area (Å²) in [6.07, 6.45) is 0. The predicted octanol–water partition coefficient (Wildman–Crippen LogP) is 1.67. The second-order valence-corrected chi connectivity index (χ2v) is 0. The molecule has 0 saturated heterocycles. The van der Waals surface area contributed by atoms with Crippen LogP contribution in [0.15, 0.2) is 0 Å². The summed E-state index contributed by atoms with van der Waals surface area (Å²) < 4.78 is 0. The minimum absolute atomic E-state index is 0. The molecule has 0 N–H and O–H groups in total. The van der Waals surface area contributed by atoms with E-state index in [-0.39, 0.29) is 43.3 Å². The van der Waals surface area contributed by atoms with Gasteiger partial charge in [-0.2, -0.15) is 0 Å². The van der Waals surface area contributed by atoms with Gasteiger partial charge >= 0.3 is 0 Å². The maximum atomic E-state index is 7.25. The van der Waals surface area contributed by atoms with Gasteiger partial charge in [0.2, 0.25) is 0 Å². The molecule has 0 aromatic carbocycles. The summed E-state index contributed by atoms with van der Waals surface area (Å²) >= 11 is 0. The van der Waals surface area contributed by atoms with Crippen molar-refractivity contribution >= 4 is 0 Å². The van der Waals surface area contributed by atoms with Gasteiger partial charge in [-0.15, -0.1) is 0 Å². The molecular formula is C3H9NOW-4. The van der Waals surface area contributed by atoms with Gasteiger partial charge in [0.25, 0.3) is 0 Å². The number of nitroso groups, excluding NO2 is 1. The van der Waals surface area contributed by atoms with Gasteiger partial charge in [-0.25, -0.2) is 0 Å². The molecule has 42 valence electrons. The van der Waals surface area contributed by atoms with Crippen LogP contribution in [0, 0.1) is 27.2 Å². The standard InChI is InChI=1S/3CH3.NO.W/c;;;1-2;/h3*1H3;;/q4*-1;. The van der Waals surface area contributed by atoms with Gasteiger partial charge in [-0.1, -0.05) is 0 Å². The van der Waals surface area contributed by atoms with Crippen molar-refractivity contribution in [3.05, 3.63) is 32.8 Å². The molecule has 0 saturated carbocycles. The summed E-state index contributed by atoms with van der Waals surface area (Å²) in [4.78, 5) is 7.25. The molecule has 0 fully saturated rings. The zero-order valence-electron chi connectivity index (χ0n) is 4.26. The smallest absolute Gasteiger partial charge is 0 e. The van der Waals surface area contributed by atoms with Crippen molar-refractivity contribution in [1.29, 1.82) is 0 Å². The van der Waals surface area contributed by atoms with Crippen LogP contribution in [0.3, 0.4) is 0 Å². The molecule has 0 unspecified atom stereocenters. The fraction of sp³-hybridized carbons (Fsp3) is 0. The number of hydrogen-bond donors (Lipinski definition) is 0. The third-order valence-corrected chi connectivity index (χ3v) is 0. The van der Waals surface area contributed by atoms with Crippen LogP contribution in [-0.2, 0) is 21.1 Å². The van der Waals surface area contributed by atoms with Crippen molar-refractivity contribution in [1.82, 2.24) is 0 Å². The van der Waals surface area contributed by atoms with Crippen molar-refractivity contribution in [2.24, 2.45) is 0 Å². The average molecular weight is 259 g/mol. The summed E-state index contributed by atoms with van der Waals surface area (Å²) in [5.41, 5.74) is 5.75. The van der Waals surface area contributed by atoms with Crippen LogP contribution in [0.2, 0.25) is 0 Å². The molecule has 0 radical (unpaired) electrons. The van der Waals surface area contributed by atoms with Crippen LogP contribution < -0.4 is 0 Å². The Morgan fingerprint density at radius 1 is 0.833 bits per heavy atom. The number of rotatable bonds is 0. The summed E-state index contributed by atoms with van der Waals surface area (Å²) in [6, 6.07) is 0. The van der Waals surface area contributed by atoms with Crippen LogP contribution >= 0.6 is 0 Å². The van der Waals surface area contributed by atoms with E-state index in [0.717, 1.165) is 0 Å². The van der Waals surface area contributed by atoms with Crippen molar-refractivity contribution < 1.29 is 21.1 Å². The first-order valence-corrected chi connectivity index (χ1v) is 0.183. The van der Waals surface area contributed by atoms with E-state index in [2.05, 4.69) is 0 Å². The largest absolute Gasteiger partial charge is 0.577 e. The summed E-state index contributed by atoms with van der Waals surface area (Å²) in [5.74, 6) is 0. The third-order valence-electron chi connectivity index (χ3n) is 0. The molecule has 0 atom stereocenters. The molecule has 0 spiro atoms. The van der Waals surface area contributed by atoms with Crippen molar-refractivity contribution in [2.45, 2.75) is 0 Å². The molecule has 0 amide bonds. The van der Waals surface area contributed by atoms with E-state index in [4.69, 9.17) is 10.5 Å². The van der Waals surface area contributed by atoms with Crippen LogP contribution in [-0.4, -0.2) is 0 Å². The SMILES string of the molecule is [CH3-].[CH3-].[CH3-].[N-]=O.[W]. The van der Waals surface area contributed by atoms with Gasteiger partial charge in [0.15, 0.2) is 0 Å². The fourth-order valence-corrected chi connectivity index (χ4v) is 0. The molecule has 0 aromatic rings. The van der Waals surface area contributed by atoms with E-state index in [1.54, 1.807) is 0 Å². The topological polar surface area (TPSA) is 39.4 Å². The van der Waals surface area contributed by atoms with Crippen LogP contribution in [0.25, 0.3) is 5.59 Å². The van der Waals surface area contributed by atoms with Gasteiger partial charge in [-0.3, -0.25) is 0 Å². The molecule has 0 aliphatic carbocycles. The minimum atomic E-state index is 0. The molecule has 0 heterocycles. The molecular weight excluding hydrogens is 250 g/mol. The Labute approximate surface area is 54.4 Å². The first-order valence-electron chi connectivity index (χ1n) is 0.183. The summed E-state index contributed by atoms with van der Waals surface area (Å²) in [7, 11) is 0. The Bertz CT molecular complexity index is 10.8. The fourth-order valence-electron chi connectivity index (χ4n) is 0. The van der Waals surface area contributed by atoms with Crippen molar-refractivity contribution in [2.75, 3.05) is 0 Å². The molecule has 6 heavy (non-hydrogen) atoms. The molecule has 0 bridgehead atoms. The zero-order valence-corrected chi connectivity index (χ0v) is 7.20. The van der Waals surface area contributed by atoms with Gasteiger partial charge in [0.1, 0.15) is 0 Å². The Hall–Kier alpha value is 0.288. The maximum Gasteiger partial charge on any atom is 0 e. The predicted molar refractivity (Wildman–Crippen MR) is 26.0 cm³/mol. The van der Waals surface area contributed by atoms with E-state index in [1.165, 1.54) is 0 Å². The number of nitrogens with zero attached hydrogens (tertiary/aromatic N) is 1. The van der Waals surface area contributed by atoms with Crippen LogP contribution in [0.4, 0.5) is 0 Å². The molecule has 0 rings (SSSR count). The van der Waals surface area contributed by atoms with E-state index in [1.807, 2.05) is 0 Å². The second-order valence-electron chi connectivity index (χ2n) is 0. The summed E-state index contributed by atoms with van der Waals surface area (Å²) in [5, 5.41) is 0. The van der Waals surface area contributed by atoms with E-state index in [0.29, 0.717) is 0 Å². The quantitative estimate of drug-likeness (QED) is 0.610. The first kappa shape index (κ1) is 106. The molecule has 3 heteroatoms. The third kappa shape index (κ3) is 558. The van der Waals surface area contributed by atoms with E-state index < -0.39 is 0 Å². The van der Waals surface area contributed by atoms with Crippen LogP contribution in [0.5, 0.6) is 0 Å². The minimum Gasteiger partial charge on any atom is -0.577 e. The van der Waals surface area contributed by atoms with Gasteiger partial charge in [0.05, 0.1) is 0 Å². The molecule has 0 aliphatic heterocycles. The monoisotopic (exact) mass is 259 g/mol. The molecule has 0 aliphatic rings. The molecule has 2 nitrogen and oxygen atoms in total. The van der Waals surface area contributed by atoms with Gasteiger partial charge in [0, 0.05) is 21.1 Å². The maximum absolute atomic E-state index is 7.25. The van der Waals surface area contributed by atoms with Crippen molar-refractivity contribution in [3.63, 3.8) is 0 Å². The van der Waals surface area contributed by atoms with Gasteiger partial charge in [-0.05, 0) is 0 Å². The Morgan fingerprint density at radius 2 is 0.833 bits per heavy atom. The van der Waals surface area contributed by atoms with E-state index >= 15 is 0 Å². The normalized spacial score (nSPS) is 0.667. The molecule has 0 aromatic heterocycles. The first-order chi connectivity index (χ1) is 1.00. The Balaban J connectivity index is -0.000000000833. The Morgan fingerprint density at radius 3 is 0.833 bits per heavy atom. The summed E-state index contributed by atoms with van der Waals surface area (Å²) in [6.45, 7) is 0.